The van der Waals surface area contributed by atoms with Gasteiger partial charge in [0.25, 0.3) is 0 Å². The maximum Gasteiger partial charge on any atom is 0.410 e. The van der Waals surface area contributed by atoms with Crippen molar-refractivity contribution in [1.82, 2.24) is 10.2 Å². The zero-order chi connectivity index (χ0) is 13.3. The lowest BCUT2D eigenvalue weighted by molar-refractivity contribution is -0.0283. The van der Waals surface area contributed by atoms with E-state index in [2.05, 4.69) is 5.32 Å². The Kier molecular flexibility index (Phi) is 3.85. The summed E-state index contributed by atoms with van der Waals surface area (Å²) in [6.07, 6.45) is 3.41. The second-order valence-corrected chi connectivity index (χ2v) is 6.68. The largest absolute Gasteiger partial charge is 0.444 e. The van der Waals surface area contributed by atoms with Gasteiger partial charge in [-0.3, -0.25) is 0 Å². The highest BCUT2D eigenvalue weighted by Gasteiger charge is 2.43. The van der Waals surface area contributed by atoms with Crippen LogP contribution in [0.1, 0.15) is 40.0 Å². The lowest BCUT2D eigenvalue weighted by Crippen LogP contribution is -2.56. The van der Waals surface area contributed by atoms with Gasteiger partial charge in [0.1, 0.15) is 5.60 Å². The van der Waals surface area contributed by atoms with Crippen LogP contribution in [0.2, 0.25) is 0 Å². The number of hydrogen-bond acceptors (Lipinski definition) is 3. The lowest BCUT2D eigenvalue weighted by atomic mass is 9.72. The fourth-order valence-electron chi connectivity index (χ4n) is 3.28. The summed E-state index contributed by atoms with van der Waals surface area (Å²) in [6, 6.07) is 0.392. The van der Waals surface area contributed by atoms with E-state index in [-0.39, 0.29) is 6.09 Å². The van der Waals surface area contributed by atoms with E-state index in [0.717, 1.165) is 31.8 Å². The molecule has 104 valence electrons. The van der Waals surface area contributed by atoms with Crippen LogP contribution in [0, 0.1) is 11.8 Å². The molecule has 0 aromatic rings. The molecule has 0 aromatic carbocycles. The highest BCUT2D eigenvalue weighted by atomic mass is 16.6. The maximum atomic E-state index is 12.2. The average molecular weight is 254 g/mol. The zero-order valence-corrected chi connectivity index (χ0v) is 12.0. The molecule has 2 saturated heterocycles. The Morgan fingerprint density at radius 3 is 2.61 bits per heavy atom. The van der Waals surface area contributed by atoms with Crippen LogP contribution >= 0.6 is 0 Å². The van der Waals surface area contributed by atoms with Crippen LogP contribution in [0.3, 0.4) is 0 Å². The fourth-order valence-corrected chi connectivity index (χ4v) is 3.28. The summed E-state index contributed by atoms with van der Waals surface area (Å²) in [5.74, 6) is 1.38. The first-order valence-electron chi connectivity index (χ1n) is 7.05. The van der Waals surface area contributed by atoms with E-state index in [4.69, 9.17) is 4.74 Å². The molecule has 1 N–H and O–H groups in total. The molecular formula is C14H26N2O2. The molecule has 1 amide bonds. The average Bonchev–Trinajstić information content (AvgIpc) is 2.28. The second kappa shape index (κ2) is 5.08. The van der Waals surface area contributed by atoms with Gasteiger partial charge in [0.2, 0.25) is 0 Å². The van der Waals surface area contributed by atoms with Crippen LogP contribution in [0.5, 0.6) is 0 Å². The van der Waals surface area contributed by atoms with Gasteiger partial charge in [-0.05, 0) is 65.5 Å². The van der Waals surface area contributed by atoms with E-state index < -0.39 is 5.60 Å². The van der Waals surface area contributed by atoms with Crippen LogP contribution in [0.15, 0.2) is 0 Å². The normalized spacial score (nSPS) is 31.6. The van der Waals surface area contributed by atoms with Gasteiger partial charge in [-0.15, -0.1) is 0 Å². The summed E-state index contributed by atoms with van der Waals surface area (Å²) in [4.78, 5) is 14.1. The van der Waals surface area contributed by atoms with Crippen molar-refractivity contribution in [3.05, 3.63) is 0 Å². The molecule has 0 aromatic heterocycles. The molecule has 18 heavy (non-hydrogen) atoms. The molecule has 3 fully saturated rings. The summed E-state index contributed by atoms with van der Waals surface area (Å²) in [7, 11) is 2.01. The summed E-state index contributed by atoms with van der Waals surface area (Å²) in [5, 5.41) is 3.27. The predicted octanol–water partition coefficient (Wildman–Crippen LogP) is 2.24. The van der Waals surface area contributed by atoms with Gasteiger partial charge >= 0.3 is 6.09 Å². The summed E-state index contributed by atoms with van der Waals surface area (Å²) in [5.41, 5.74) is -0.391. The zero-order valence-electron chi connectivity index (χ0n) is 12.0. The number of ether oxygens (including phenoxy) is 1. The van der Waals surface area contributed by atoms with E-state index in [1.54, 1.807) is 0 Å². The number of fused-ring (bicyclic) bond motifs is 3. The van der Waals surface area contributed by atoms with Crippen LogP contribution in [-0.4, -0.2) is 42.8 Å². The first-order valence-corrected chi connectivity index (χ1v) is 7.05. The molecule has 4 nitrogen and oxygen atoms in total. The number of nitrogens with one attached hydrogen (secondary N) is 1. The Bertz CT molecular complexity index is 311. The van der Waals surface area contributed by atoms with Crippen LogP contribution < -0.4 is 5.32 Å². The third-order valence-corrected chi connectivity index (χ3v) is 4.08. The van der Waals surface area contributed by atoms with Gasteiger partial charge in [0, 0.05) is 12.6 Å². The van der Waals surface area contributed by atoms with Crippen molar-refractivity contribution >= 4 is 6.09 Å². The van der Waals surface area contributed by atoms with E-state index in [9.17, 15) is 4.79 Å². The Morgan fingerprint density at radius 1 is 1.39 bits per heavy atom. The van der Waals surface area contributed by atoms with Crippen molar-refractivity contribution in [2.24, 2.45) is 11.8 Å². The van der Waals surface area contributed by atoms with E-state index in [1.165, 1.54) is 6.42 Å². The number of carbonyl (C=O) groups is 1. The Morgan fingerprint density at radius 2 is 2.11 bits per heavy atom. The second-order valence-electron chi connectivity index (χ2n) is 6.68. The Labute approximate surface area is 110 Å². The topological polar surface area (TPSA) is 41.6 Å². The van der Waals surface area contributed by atoms with Gasteiger partial charge in [-0.2, -0.15) is 0 Å². The summed E-state index contributed by atoms with van der Waals surface area (Å²) < 4.78 is 5.50. The minimum Gasteiger partial charge on any atom is -0.444 e. The third kappa shape index (κ3) is 2.97. The minimum atomic E-state index is -0.391. The van der Waals surface area contributed by atoms with Gasteiger partial charge in [0.05, 0.1) is 0 Å². The number of carbonyl (C=O) groups excluding carboxylic acids is 1. The smallest absolute Gasteiger partial charge is 0.410 e. The van der Waals surface area contributed by atoms with Gasteiger partial charge in [-0.1, -0.05) is 0 Å². The third-order valence-electron chi connectivity index (χ3n) is 4.08. The predicted molar refractivity (Wildman–Crippen MR) is 71.5 cm³/mol. The van der Waals surface area contributed by atoms with Crippen molar-refractivity contribution in [2.75, 3.05) is 20.1 Å². The van der Waals surface area contributed by atoms with Crippen molar-refractivity contribution < 1.29 is 9.53 Å². The van der Waals surface area contributed by atoms with Gasteiger partial charge in [-0.25, -0.2) is 4.79 Å². The summed E-state index contributed by atoms with van der Waals surface area (Å²) >= 11 is 0. The standard InChI is InChI=1S/C14H26N2O2/c1-14(2,3)18-13(17)16-9-10-5-6-12(16)7-11(10)8-15-4/h10-12,15H,5-9H2,1-4H3. The van der Waals surface area contributed by atoms with E-state index in [1.807, 2.05) is 32.7 Å². The van der Waals surface area contributed by atoms with Crippen molar-refractivity contribution in [2.45, 2.75) is 51.7 Å². The molecule has 0 spiro atoms. The van der Waals surface area contributed by atoms with Crippen LogP contribution in [-0.2, 0) is 4.74 Å². The highest BCUT2D eigenvalue weighted by Crippen LogP contribution is 2.39. The molecule has 3 rings (SSSR count). The molecule has 3 aliphatic rings. The number of rotatable bonds is 2. The van der Waals surface area contributed by atoms with Crippen molar-refractivity contribution in [3.63, 3.8) is 0 Å². The van der Waals surface area contributed by atoms with Gasteiger partial charge in [0.15, 0.2) is 0 Å². The minimum absolute atomic E-state index is 0.125. The number of amides is 1. The molecule has 1 saturated carbocycles. The molecular weight excluding hydrogens is 228 g/mol. The molecule has 2 heterocycles. The number of hydrogen-bond donors (Lipinski definition) is 1. The molecule has 4 heteroatoms. The molecule has 3 unspecified atom stereocenters. The first-order chi connectivity index (χ1) is 8.40. The van der Waals surface area contributed by atoms with Crippen LogP contribution in [0.25, 0.3) is 0 Å². The fraction of sp³-hybridized carbons (Fsp3) is 0.929. The molecule has 0 radical (unpaired) electrons. The molecule has 1 aliphatic carbocycles. The molecule has 3 atom stereocenters. The van der Waals surface area contributed by atoms with E-state index in [0.29, 0.717) is 12.0 Å². The van der Waals surface area contributed by atoms with E-state index >= 15 is 0 Å². The van der Waals surface area contributed by atoms with Crippen molar-refractivity contribution in [1.29, 1.82) is 0 Å². The van der Waals surface area contributed by atoms with Crippen LogP contribution in [0.4, 0.5) is 4.79 Å². The first kappa shape index (κ1) is 13.7. The lowest BCUT2D eigenvalue weighted by Gasteiger charge is -2.49. The summed E-state index contributed by atoms with van der Waals surface area (Å²) in [6.45, 7) is 7.74. The maximum absolute atomic E-state index is 12.2. The number of nitrogens with zero attached hydrogens (tertiary/aromatic N) is 1. The molecule has 2 aliphatic heterocycles. The number of piperidine rings is 2. The van der Waals surface area contributed by atoms with Crippen molar-refractivity contribution in [3.8, 4) is 0 Å². The van der Waals surface area contributed by atoms with Gasteiger partial charge < -0.3 is 15.0 Å². The Balaban J connectivity index is 1.96. The monoisotopic (exact) mass is 254 g/mol. The Hall–Kier alpha value is -0.770. The SMILES string of the molecule is CNCC1CC2CCC1CN2C(=O)OC(C)(C)C. The highest BCUT2D eigenvalue weighted by molar-refractivity contribution is 5.69. The quantitative estimate of drug-likeness (QED) is 0.821. The molecule has 2 bridgehead atoms.